The molecule has 0 saturated carbocycles. The molecule has 0 spiro atoms. The van der Waals surface area contributed by atoms with Crippen molar-refractivity contribution in [3.05, 3.63) is 18.2 Å². The summed E-state index contributed by atoms with van der Waals surface area (Å²) in [5.41, 5.74) is 0.997. The quantitative estimate of drug-likeness (QED) is 0.332. The van der Waals surface area contributed by atoms with Crippen LogP contribution in [0, 0.1) is 0 Å². The normalized spacial score (nSPS) is 10.6. The Kier molecular flexibility index (Phi) is 21.0. The zero-order chi connectivity index (χ0) is 21.6. The summed E-state index contributed by atoms with van der Waals surface area (Å²) < 4.78 is 3.86. The number of ether oxygens (including phenoxy) is 1. The number of nitrogens with zero attached hydrogens (tertiary/aromatic N) is 2. The van der Waals surface area contributed by atoms with Crippen molar-refractivity contribution in [1.29, 1.82) is 0 Å². The average molecular weight is 401 g/mol. The summed E-state index contributed by atoms with van der Waals surface area (Å²) in [5.74, 6) is -0.0376. The van der Waals surface area contributed by atoms with Gasteiger partial charge in [-0.05, 0) is 19.9 Å². The monoisotopic (exact) mass is 400 g/mol. The maximum absolute atomic E-state index is 12.1. The Bertz CT molecular complexity index is 483. The number of carbonyl (C=O) groups is 3. The van der Waals surface area contributed by atoms with E-state index in [0.717, 1.165) is 44.9 Å². The van der Waals surface area contributed by atoms with Crippen LogP contribution in [0.2, 0.25) is 0 Å². The second-order valence-corrected chi connectivity index (χ2v) is 6.04. The second-order valence-electron chi connectivity index (χ2n) is 6.04. The number of aldehydes is 1. The number of aromatic nitrogens is 2. The summed E-state index contributed by atoms with van der Waals surface area (Å²) in [6.45, 7) is 5.88. The molecule has 0 aromatic carbocycles. The van der Waals surface area contributed by atoms with E-state index in [9.17, 15) is 9.59 Å². The maximum atomic E-state index is 12.1. The summed E-state index contributed by atoms with van der Waals surface area (Å²) in [7, 11) is 2.31. The van der Waals surface area contributed by atoms with Crippen molar-refractivity contribution >= 4 is 18.7 Å². The number of aliphatic hydroxyl groups excluding tert-OH is 1. The second kappa shape index (κ2) is 21.0. The van der Waals surface area contributed by atoms with E-state index in [1.165, 1.54) is 20.0 Å². The zero-order valence-electron chi connectivity index (χ0n) is 17.5. The highest BCUT2D eigenvalue weighted by Gasteiger charge is 2.13. The van der Waals surface area contributed by atoms with Crippen LogP contribution < -0.4 is 5.32 Å². The summed E-state index contributed by atoms with van der Waals surface area (Å²) >= 11 is 0. The van der Waals surface area contributed by atoms with E-state index < -0.39 is 0 Å². The van der Waals surface area contributed by atoms with Gasteiger partial charge in [-0.25, -0.2) is 4.98 Å². The van der Waals surface area contributed by atoms with Gasteiger partial charge in [-0.3, -0.25) is 14.5 Å². The van der Waals surface area contributed by atoms with Crippen LogP contribution in [-0.2, 0) is 25.5 Å². The molecule has 162 valence electrons. The lowest BCUT2D eigenvalue weighted by atomic mass is 10.2. The largest absolute Gasteiger partial charge is 0.471 e. The molecule has 1 amide bonds. The number of hydrogen-bond donors (Lipinski definition) is 3. The van der Waals surface area contributed by atoms with Crippen molar-refractivity contribution in [2.24, 2.45) is 0 Å². The Morgan fingerprint density at radius 2 is 2.04 bits per heavy atom. The lowest BCUT2D eigenvalue weighted by molar-refractivity contribution is -0.126. The molecule has 0 aliphatic rings. The number of H-pyrrole nitrogens is 1. The minimum absolute atomic E-state index is 0.0334. The molecule has 0 radical (unpaired) electrons. The molecule has 3 N–H and O–H groups in total. The number of unbranched alkanes of at least 4 members (excludes halogenated alkanes) is 3. The number of aromatic amines is 1. The van der Waals surface area contributed by atoms with Gasteiger partial charge in [-0.1, -0.05) is 26.2 Å². The third-order valence-electron chi connectivity index (χ3n) is 3.61. The smallest absolute Gasteiger partial charge is 0.292 e. The van der Waals surface area contributed by atoms with Gasteiger partial charge in [0.15, 0.2) is 0 Å². The summed E-state index contributed by atoms with van der Waals surface area (Å²) in [6.07, 6.45) is 9.52. The van der Waals surface area contributed by atoms with Gasteiger partial charge in [0.05, 0.1) is 26.5 Å². The lowest BCUT2D eigenvalue weighted by Crippen LogP contribution is -2.42. The molecule has 0 bridgehead atoms. The van der Waals surface area contributed by atoms with E-state index in [2.05, 4.69) is 26.9 Å². The van der Waals surface area contributed by atoms with Gasteiger partial charge in [0.25, 0.3) is 6.47 Å². The topological polar surface area (TPSA) is 125 Å². The molecule has 0 fully saturated rings. The van der Waals surface area contributed by atoms with E-state index in [-0.39, 0.29) is 18.5 Å². The minimum Gasteiger partial charge on any atom is -0.471 e. The third kappa shape index (κ3) is 17.2. The van der Waals surface area contributed by atoms with Crippen molar-refractivity contribution in [2.75, 3.05) is 33.9 Å². The molecule has 1 atom stereocenters. The van der Waals surface area contributed by atoms with E-state index in [1.807, 2.05) is 11.8 Å². The van der Waals surface area contributed by atoms with E-state index in [4.69, 9.17) is 9.90 Å². The molecule has 9 heteroatoms. The molecule has 0 aliphatic heterocycles. The first-order chi connectivity index (χ1) is 13.6. The van der Waals surface area contributed by atoms with Gasteiger partial charge in [0, 0.05) is 31.5 Å². The fourth-order valence-electron chi connectivity index (χ4n) is 2.40. The van der Waals surface area contributed by atoms with Crippen molar-refractivity contribution in [1.82, 2.24) is 20.2 Å². The van der Waals surface area contributed by atoms with Crippen LogP contribution in [0.15, 0.2) is 12.5 Å². The number of carbonyl (C=O) groups excluding carboxylic acids is 3. The van der Waals surface area contributed by atoms with Crippen LogP contribution in [0.25, 0.3) is 0 Å². The van der Waals surface area contributed by atoms with Crippen LogP contribution in [0.5, 0.6) is 0 Å². The van der Waals surface area contributed by atoms with Crippen molar-refractivity contribution in [3.63, 3.8) is 0 Å². The zero-order valence-corrected chi connectivity index (χ0v) is 17.5. The van der Waals surface area contributed by atoms with Gasteiger partial charge in [0.1, 0.15) is 6.29 Å². The van der Waals surface area contributed by atoms with E-state index in [0.29, 0.717) is 13.0 Å². The van der Waals surface area contributed by atoms with Gasteiger partial charge < -0.3 is 24.9 Å². The summed E-state index contributed by atoms with van der Waals surface area (Å²) in [5, 5.41) is 9.96. The number of aliphatic hydroxyl groups is 1. The Morgan fingerprint density at radius 1 is 1.36 bits per heavy atom. The Morgan fingerprint density at radius 3 is 2.54 bits per heavy atom. The van der Waals surface area contributed by atoms with E-state index >= 15 is 0 Å². The Labute approximate surface area is 167 Å². The highest BCUT2D eigenvalue weighted by atomic mass is 16.5. The molecule has 1 aromatic rings. The number of hydrogen-bond acceptors (Lipinski definition) is 7. The molecular weight excluding hydrogens is 364 g/mol. The molecule has 9 nitrogen and oxygen atoms in total. The molecule has 28 heavy (non-hydrogen) atoms. The van der Waals surface area contributed by atoms with Crippen molar-refractivity contribution in [2.45, 2.75) is 52.0 Å². The highest BCUT2D eigenvalue weighted by molar-refractivity contribution is 5.78. The van der Waals surface area contributed by atoms with Crippen LogP contribution in [0.4, 0.5) is 0 Å². The molecule has 0 aliphatic carbocycles. The predicted molar refractivity (Wildman–Crippen MR) is 108 cm³/mol. The van der Waals surface area contributed by atoms with Crippen LogP contribution in [-0.4, -0.2) is 78.5 Å². The molecule has 1 heterocycles. The summed E-state index contributed by atoms with van der Waals surface area (Å²) in [6, 6.07) is 0.0334. The Balaban J connectivity index is 0. The molecular formula is C19H36N4O5. The van der Waals surface area contributed by atoms with Crippen LogP contribution >= 0.6 is 0 Å². The molecule has 0 saturated heterocycles. The third-order valence-corrected chi connectivity index (χ3v) is 3.61. The van der Waals surface area contributed by atoms with Crippen molar-refractivity contribution < 1.29 is 24.2 Å². The number of rotatable bonds is 13. The molecule has 1 aromatic heterocycles. The Hall–Kier alpha value is -2.26. The standard InChI is InChI=1S/C16H28N4O2.C2H4O2.CH4O/c1-3-4-5-6-7-20(8-9-21)12-16(22)19-14(2)10-15-11-17-13-18-15;1-4-2-3;1-2/h9,11,13-14H,3-8,10,12H2,1-2H3,(H,17,18)(H,19,22);2H,1H3;2H,1H3. The average Bonchev–Trinajstić information content (AvgIpc) is 3.19. The van der Waals surface area contributed by atoms with Crippen LogP contribution in [0.3, 0.4) is 0 Å². The fraction of sp³-hybridized carbons (Fsp3) is 0.684. The van der Waals surface area contributed by atoms with E-state index in [1.54, 1.807) is 12.5 Å². The summed E-state index contributed by atoms with van der Waals surface area (Å²) in [4.78, 5) is 40.6. The predicted octanol–water partition coefficient (Wildman–Crippen LogP) is 0.936. The van der Waals surface area contributed by atoms with Crippen LogP contribution in [0.1, 0.15) is 45.2 Å². The van der Waals surface area contributed by atoms with Gasteiger partial charge in [-0.15, -0.1) is 0 Å². The number of imidazole rings is 1. The lowest BCUT2D eigenvalue weighted by Gasteiger charge is -2.20. The van der Waals surface area contributed by atoms with Gasteiger partial charge in [0.2, 0.25) is 5.91 Å². The SMILES string of the molecule is CCCCCCN(CC=O)CC(=O)NC(C)Cc1cnc[nH]1.CO.COC=O. The first kappa shape index (κ1) is 28.0. The number of nitrogens with one attached hydrogen (secondary N) is 2. The maximum Gasteiger partial charge on any atom is 0.292 e. The van der Waals surface area contributed by atoms with Gasteiger partial charge >= 0.3 is 0 Å². The van der Waals surface area contributed by atoms with Gasteiger partial charge in [-0.2, -0.15) is 0 Å². The first-order valence-electron chi connectivity index (χ1n) is 9.41. The minimum atomic E-state index is -0.0376. The highest BCUT2D eigenvalue weighted by Crippen LogP contribution is 2.02. The first-order valence-corrected chi connectivity index (χ1v) is 9.41. The molecule has 1 unspecified atom stereocenters. The fourth-order valence-corrected chi connectivity index (χ4v) is 2.40. The molecule has 1 rings (SSSR count). The van der Waals surface area contributed by atoms with Crippen molar-refractivity contribution in [3.8, 4) is 0 Å². The number of amides is 1. The number of methoxy groups -OCH3 is 1.